The zero-order chi connectivity index (χ0) is 12.9. The van der Waals surface area contributed by atoms with Gasteiger partial charge in [-0.3, -0.25) is 4.90 Å². The number of nitrogens with one attached hydrogen (secondary N) is 1. The lowest BCUT2D eigenvalue weighted by Crippen LogP contribution is -2.46. The number of amides is 1. The molecule has 0 unspecified atom stereocenters. The van der Waals surface area contributed by atoms with E-state index in [-0.39, 0.29) is 24.3 Å². The fourth-order valence-corrected chi connectivity index (χ4v) is 1.94. The van der Waals surface area contributed by atoms with Crippen LogP contribution in [0.15, 0.2) is 0 Å². The molecular weight excluding hydrogens is 220 g/mol. The van der Waals surface area contributed by atoms with Gasteiger partial charge in [0.05, 0.1) is 6.61 Å². The van der Waals surface area contributed by atoms with Crippen LogP contribution in [0.2, 0.25) is 0 Å². The molecule has 0 aromatic carbocycles. The van der Waals surface area contributed by atoms with E-state index in [1.54, 1.807) is 0 Å². The number of nitrogens with zero attached hydrogens (tertiary/aromatic N) is 1. The number of carbonyl (C=O) groups is 1. The van der Waals surface area contributed by atoms with E-state index in [0.717, 1.165) is 25.9 Å². The molecule has 0 spiro atoms. The molecule has 1 amide bonds. The van der Waals surface area contributed by atoms with E-state index in [1.807, 2.05) is 20.8 Å². The van der Waals surface area contributed by atoms with Crippen molar-refractivity contribution in [2.75, 3.05) is 26.2 Å². The average molecular weight is 244 g/mol. The molecule has 100 valence electrons. The summed E-state index contributed by atoms with van der Waals surface area (Å²) in [5, 5.41) is 11.7. The van der Waals surface area contributed by atoms with Gasteiger partial charge in [-0.25, -0.2) is 4.79 Å². The Kier molecular flexibility index (Phi) is 5.21. The Bertz CT molecular complexity index is 249. The van der Waals surface area contributed by atoms with Crippen molar-refractivity contribution < 1.29 is 14.6 Å². The molecule has 5 nitrogen and oxygen atoms in total. The molecular formula is C12H24N2O3. The smallest absolute Gasteiger partial charge is 0.407 e. The highest BCUT2D eigenvalue weighted by molar-refractivity contribution is 5.68. The number of aliphatic hydroxyl groups is 1. The third-order valence-electron chi connectivity index (χ3n) is 2.63. The first-order valence-electron chi connectivity index (χ1n) is 6.23. The van der Waals surface area contributed by atoms with Crippen molar-refractivity contribution in [3.63, 3.8) is 0 Å². The SMILES string of the molecule is CC(C)(C)NC(=O)O[C@@H]1CCCN(CCO)C1. The maximum Gasteiger partial charge on any atom is 0.407 e. The number of alkyl carbamates (subject to hydrolysis) is 1. The molecule has 1 heterocycles. The van der Waals surface area contributed by atoms with Crippen LogP contribution in [-0.2, 0) is 4.74 Å². The van der Waals surface area contributed by atoms with E-state index < -0.39 is 0 Å². The van der Waals surface area contributed by atoms with Crippen LogP contribution in [0.1, 0.15) is 33.6 Å². The molecule has 0 aromatic rings. The van der Waals surface area contributed by atoms with Crippen molar-refractivity contribution in [2.24, 2.45) is 0 Å². The van der Waals surface area contributed by atoms with E-state index in [1.165, 1.54) is 0 Å². The number of hydrogen-bond acceptors (Lipinski definition) is 4. The van der Waals surface area contributed by atoms with Crippen molar-refractivity contribution in [1.82, 2.24) is 10.2 Å². The lowest BCUT2D eigenvalue weighted by atomic mass is 10.1. The standard InChI is InChI=1S/C12H24N2O3/c1-12(2,3)13-11(16)17-10-5-4-6-14(9-10)7-8-15/h10,15H,4-9H2,1-3H3,(H,13,16)/t10-/m1/s1. The van der Waals surface area contributed by atoms with E-state index in [2.05, 4.69) is 10.2 Å². The molecule has 5 heteroatoms. The molecule has 1 aliphatic rings. The zero-order valence-electron chi connectivity index (χ0n) is 11.0. The number of aliphatic hydroxyl groups excluding tert-OH is 1. The predicted molar refractivity (Wildman–Crippen MR) is 65.9 cm³/mol. The Morgan fingerprint density at radius 1 is 1.53 bits per heavy atom. The first kappa shape index (κ1) is 14.3. The fourth-order valence-electron chi connectivity index (χ4n) is 1.94. The monoisotopic (exact) mass is 244 g/mol. The fraction of sp³-hybridized carbons (Fsp3) is 0.917. The highest BCUT2D eigenvalue weighted by atomic mass is 16.6. The lowest BCUT2D eigenvalue weighted by molar-refractivity contribution is 0.0341. The number of ether oxygens (including phenoxy) is 1. The number of hydrogen-bond donors (Lipinski definition) is 2. The van der Waals surface area contributed by atoms with Gasteiger partial charge in [-0.1, -0.05) is 0 Å². The highest BCUT2D eigenvalue weighted by Crippen LogP contribution is 2.13. The van der Waals surface area contributed by atoms with Crippen molar-refractivity contribution in [1.29, 1.82) is 0 Å². The van der Waals surface area contributed by atoms with Crippen LogP contribution in [0.5, 0.6) is 0 Å². The van der Waals surface area contributed by atoms with E-state index >= 15 is 0 Å². The lowest BCUT2D eigenvalue weighted by Gasteiger charge is -2.32. The summed E-state index contributed by atoms with van der Waals surface area (Å²) >= 11 is 0. The molecule has 17 heavy (non-hydrogen) atoms. The average Bonchev–Trinajstić information content (AvgIpc) is 2.15. The van der Waals surface area contributed by atoms with Gasteiger partial charge in [0.2, 0.25) is 0 Å². The van der Waals surface area contributed by atoms with Crippen molar-refractivity contribution in [3.8, 4) is 0 Å². The Labute approximate surface area is 103 Å². The highest BCUT2D eigenvalue weighted by Gasteiger charge is 2.24. The van der Waals surface area contributed by atoms with Gasteiger partial charge >= 0.3 is 6.09 Å². The summed E-state index contributed by atoms with van der Waals surface area (Å²) in [4.78, 5) is 13.7. The number of carbonyl (C=O) groups excluding carboxylic acids is 1. The molecule has 1 aliphatic heterocycles. The minimum atomic E-state index is -0.353. The van der Waals surface area contributed by atoms with Gasteiger partial charge in [-0.05, 0) is 40.2 Å². The zero-order valence-corrected chi connectivity index (χ0v) is 11.0. The third-order valence-corrected chi connectivity index (χ3v) is 2.63. The van der Waals surface area contributed by atoms with Crippen LogP contribution >= 0.6 is 0 Å². The van der Waals surface area contributed by atoms with E-state index in [4.69, 9.17) is 9.84 Å². The normalized spacial score (nSPS) is 22.2. The maximum absolute atomic E-state index is 11.6. The first-order chi connectivity index (χ1) is 7.90. The molecule has 0 aliphatic carbocycles. The number of likely N-dealkylation sites (tertiary alicyclic amines) is 1. The summed E-state index contributed by atoms with van der Waals surface area (Å²) < 4.78 is 5.37. The van der Waals surface area contributed by atoms with Gasteiger partial charge in [-0.2, -0.15) is 0 Å². The van der Waals surface area contributed by atoms with Crippen LogP contribution in [0.25, 0.3) is 0 Å². The summed E-state index contributed by atoms with van der Waals surface area (Å²) in [6.45, 7) is 8.27. The molecule has 2 N–H and O–H groups in total. The second-order valence-corrected chi connectivity index (χ2v) is 5.57. The Morgan fingerprint density at radius 2 is 2.24 bits per heavy atom. The molecule has 1 fully saturated rings. The van der Waals surface area contributed by atoms with Crippen LogP contribution in [-0.4, -0.2) is 54.0 Å². The summed E-state index contributed by atoms with van der Waals surface area (Å²) in [5.41, 5.74) is -0.267. The first-order valence-corrected chi connectivity index (χ1v) is 6.23. The topological polar surface area (TPSA) is 61.8 Å². The van der Waals surface area contributed by atoms with E-state index in [9.17, 15) is 4.79 Å². The molecule has 1 saturated heterocycles. The molecule has 1 rings (SSSR count). The Morgan fingerprint density at radius 3 is 2.82 bits per heavy atom. The van der Waals surface area contributed by atoms with Crippen molar-refractivity contribution >= 4 is 6.09 Å². The summed E-state index contributed by atoms with van der Waals surface area (Å²) in [7, 11) is 0. The summed E-state index contributed by atoms with van der Waals surface area (Å²) in [5.74, 6) is 0. The molecule has 0 saturated carbocycles. The Hall–Kier alpha value is -0.810. The molecule has 1 atom stereocenters. The molecule has 0 bridgehead atoms. The second-order valence-electron chi connectivity index (χ2n) is 5.57. The number of piperidine rings is 1. The summed E-state index contributed by atoms with van der Waals surface area (Å²) in [6.07, 6.45) is 1.50. The van der Waals surface area contributed by atoms with Crippen LogP contribution in [0.3, 0.4) is 0 Å². The van der Waals surface area contributed by atoms with Gasteiger partial charge in [0.15, 0.2) is 0 Å². The van der Waals surface area contributed by atoms with Gasteiger partial charge in [0.25, 0.3) is 0 Å². The minimum absolute atomic E-state index is 0.0577. The van der Waals surface area contributed by atoms with Gasteiger partial charge in [0.1, 0.15) is 6.10 Å². The largest absolute Gasteiger partial charge is 0.445 e. The second kappa shape index (κ2) is 6.21. The van der Waals surface area contributed by atoms with Gasteiger partial charge in [-0.15, -0.1) is 0 Å². The van der Waals surface area contributed by atoms with Gasteiger partial charge in [0, 0.05) is 18.6 Å². The molecule has 0 aromatic heterocycles. The quantitative estimate of drug-likeness (QED) is 0.776. The molecule has 0 radical (unpaired) electrons. The Balaban J connectivity index is 2.33. The minimum Gasteiger partial charge on any atom is -0.445 e. The van der Waals surface area contributed by atoms with E-state index in [0.29, 0.717) is 6.54 Å². The van der Waals surface area contributed by atoms with Crippen molar-refractivity contribution in [3.05, 3.63) is 0 Å². The van der Waals surface area contributed by atoms with Crippen LogP contribution in [0.4, 0.5) is 4.79 Å². The van der Waals surface area contributed by atoms with Crippen molar-refractivity contribution in [2.45, 2.75) is 45.3 Å². The van der Waals surface area contributed by atoms with Crippen LogP contribution in [0, 0.1) is 0 Å². The summed E-state index contributed by atoms with van der Waals surface area (Å²) in [6, 6.07) is 0. The third kappa shape index (κ3) is 5.89. The number of rotatable bonds is 3. The van der Waals surface area contributed by atoms with Crippen LogP contribution < -0.4 is 5.32 Å². The predicted octanol–water partition coefficient (Wildman–Crippen LogP) is 0.968. The maximum atomic E-state index is 11.6. The van der Waals surface area contributed by atoms with Gasteiger partial charge < -0.3 is 15.2 Å². The number of β-amino-alcohol motifs (C(OH)–C–C–N with tert-alkyl or cyclic N) is 1.